The van der Waals surface area contributed by atoms with Gasteiger partial charge in [-0.3, -0.25) is 0 Å². The van der Waals surface area contributed by atoms with Crippen molar-refractivity contribution in [2.24, 2.45) is 11.8 Å². The van der Waals surface area contributed by atoms with Crippen molar-refractivity contribution in [2.45, 2.75) is 77.7 Å². The normalized spacial score (nSPS) is 25.4. The molecule has 1 aliphatic carbocycles. The van der Waals surface area contributed by atoms with E-state index in [1.165, 1.54) is 51.5 Å². The summed E-state index contributed by atoms with van der Waals surface area (Å²) in [5.74, 6) is 4.54. The maximum Gasteiger partial charge on any atom is 0.00966 e. The fourth-order valence-electron chi connectivity index (χ4n) is 3.01. The van der Waals surface area contributed by atoms with E-state index in [9.17, 15) is 0 Å². The maximum atomic E-state index is 5.36. The fourth-order valence-corrected chi connectivity index (χ4v) is 3.01. The minimum absolute atomic E-state index is 0.246. The highest BCUT2D eigenvalue weighted by atomic mass is 14.9. The fraction of sp³-hybridized carbons (Fsp3) is 0.882. The molecule has 0 radical (unpaired) electrons. The van der Waals surface area contributed by atoms with Gasteiger partial charge in [-0.25, -0.2) is 0 Å². The van der Waals surface area contributed by atoms with Crippen molar-refractivity contribution in [3.63, 3.8) is 0 Å². The zero-order valence-corrected chi connectivity index (χ0v) is 12.6. The first kappa shape index (κ1) is 15.6. The molecule has 1 rings (SSSR count). The van der Waals surface area contributed by atoms with Gasteiger partial charge in [-0.15, -0.1) is 12.3 Å². The average Bonchev–Trinajstić information content (AvgIpc) is 2.51. The first-order chi connectivity index (χ1) is 8.53. The molecule has 18 heavy (non-hydrogen) atoms. The number of hydrogen-bond acceptors (Lipinski definition) is 1. The van der Waals surface area contributed by atoms with Crippen LogP contribution in [0.4, 0.5) is 0 Å². The van der Waals surface area contributed by atoms with Crippen LogP contribution in [0.25, 0.3) is 0 Å². The summed E-state index contributed by atoms with van der Waals surface area (Å²) in [4.78, 5) is 0. The second kappa shape index (κ2) is 7.85. The number of rotatable bonds is 5. The van der Waals surface area contributed by atoms with Gasteiger partial charge in [0.15, 0.2) is 0 Å². The monoisotopic (exact) mass is 249 g/mol. The predicted octanol–water partition coefficient (Wildman–Crippen LogP) is 4.37. The van der Waals surface area contributed by atoms with Gasteiger partial charge in [0.05, 0.1) is 0 Å². The molecule has 104 valence electrons. The third-order valence-corrected chi connectivity index (χ3v) is 4.11. The van der Waals surface area contributed by atoms with Crippen molar-refractivity contribution in [1.29, 1.82) is 0 Å². The summed E-state index contributed by atoms with van der Waals surface area (Å²) in [5.41, 5.74) is 0.246. The van der Waals surface area contributed by atoms with E-state index >= 15 is 0 Å². The zero-order chi connectivity index (χ0) is 13.4. The Morgan fingerprint density at radius 3 is 2.39 bits per heavy atom. The van der Waals surface area contributed by atoms with Crippen LogP contribution in [-0.2, 0) is 0 Å². The van der Waals surface area contributed by atoms with Crippen molar-refractivity contribution in [3.8, 4) is 12.3 Å². The van der Waals surface area contributed by atoms with Crippen LogP contribution in [-0.4, -0.2) is 12.1 Å². The van der Waals surface area contributed by atoms with E-state index in [-0.39, 0.29) is 5.54 Å². The molecule has 0 heterocycles. The molecule has 1 aliphatic rings. The zero-order valence-electron chi connectivity index (χ0n) is 12.6. The molecule has 1 N–H and O–H groups in total. The van der Waals surface area contributed by atoms with Crippen LogP contribution in [0.2, 0.25) is 0 Å². The Morgan fingerprint density at radius 1 is 1.11 bits per heavy atom. The Labute approximate surface area is 114 Å². The summed E-state index contributed by atoms with van der Waals surface area (Å²) >= 11 is 0. The Hall–Kier alpha value is -0.480. The number of unbranched alkanes of at least 4 members (excludes halogenated alkanes) is 1. The lowest BCUT2D eigenvalue weighted by Crippen LogP contribution is -2.40. The lowest BCUT2D eigenvalue weighted by molar-refractivity contribution is 0.256. The third-order valence-electron chi connectivity index (χ3n) is 4.11. The van der Waals surface area contributed by atoms with E-state index < -0.39 is 0 Å². The standard InChI is InChI=1S/C17H31N/c1-5-6-8-11-15-12-9-7-10-13-16(15)14-18-17(2,3)4/h1,15-16,18H,6-14H2,2-4H3. The summed E-state index contributed by atoms with van der Waals surface area (Å²) in [6, 6.07) is 0. The highest BCUT2D eigenvalue weighted by Gasteiger charge is 2.24. The van der Waals surface area contributed by atoms with E-state index in [1.54, 1.807) is 0 Å². The predicted molar refractivity (Wildman–Crippen MR) is 80.5 cm³/mol. The smallest absolute Gasteiger partial charge is 0.00966 e. The van der Waals surface area contributed by atoms with Crippen molar-refractivity contribution >= 4 is 0 Å². The number of nitrogens with one attached hydrogen (secondary N) is 1. The molecule has 0 aromatic carbocycles. The van der Waals surface area contributed by atoms with Crippen LogP contribution in [0, 0.1) is 24.2 Å². The summed E-state index contributed by atoms with van der Waals surface area (Å²) in [5, 5.41) is 3.70. The molecular weight excluding hydrogens is 218 g/mol. The van der Waals surface area contributed by atoms with Crippen molar-refractivity contribution in [1.82, 2.24) is 5.32 Å². The molecule has 0 aromatic heterocycles. The summed E-state index contributed by atoms with van der Waals surface area (Å²) in [6.45, 7) is 7.97. The summed E-state index contributed by atoms with van der Waals surface area (Å²) in [6.07, 6.45) is 16.0. The van der Waals surface area contributed by atoms with Gasteiger partial charge in [0.25, 0.3) is 0 Å². The highest BCUT2D eigenvalue weighted by Crippen LogP contribution is 2.32. The van der Waals surface area contributed by atoms with Crippen LogP contribution in [0.15, 0.2) is 0 Å². The van der Waals surface area contributed by atoms with Crippen LogP contribution < -0.4 is 5.32 Å². The molecule has 2 unspecified atom stereocenters. The average molecular weight is 249 g/mol. The van der Waals surface area contributed by atoms with Crippen molar-refractivity contribution in [2.75, 3.05) is 6.54 Å². The van der Waals surface area contributed by atoms with Gasteiger partial charge in [-0.05, 0) is 58.4 Å². The minimum Gasteiger partial charge on any atom is -0.312 e. The van der Waals surface area contributed by atoms with Crippen LogP contribution in [0.5, 0.6) is 0 Å². The van der Waals surface area contributed by atoms with Gasteiger partial charge in [0.1, 0.15) is 0 Å². The van der Waals surface area contributed by atoms with Crippen molar-refractivity contribution in [3.05, 3.63) is 0 Å². The van der Waals surface area contributed by atoms with E-state index in [4.69, 9.17) is 6.42 Å². The molecular formula is C17H31N. The largest absolute Gasteiger partial charge is 0.312 e. The highest BCUT2D eigenvalue weighted by molar-refractivity contribution is 4.85. The quantitative estimate of drug-likeness (QED) is 0.433. The Bertz CT molecular complexity index is 256. The van der Waals surface area contributed by atoms with Crippen LogP contribution >= 0.6 is 0 Å². The molecule has 0 aromatic rings. The van der Waals surface area contributed by atoms with E-state index in [0.717, 1.165) is 18.3 Å². The Kier molecular flexibility index (Phi) is 6.79. The Balaban J connectivity index is 2.44. The number of terminal acetylenes is 1. The topological polar surface area (TPSA) is 12.0 Å². The molecule has 2 atom stereocenters. The second-order valence-corrected chi connectivity index (χ2v) is 6.89. The van der Waals surface area contributed by atoms with Crippen LogP contribution in [0.1, 0.15) is 72.1 Å². The molecule has 0 bridgehead atoms. The van der Waals surface area contributed by atoms with Gasteiger partial charge < -0.3 is 5.32 Å². The molecule has 0 saturated heterocycles. The van der Waals surface area contributed by atoms with Gasteiger partial charge >= 0.3 is 0 Å². The summed E-state index contributed by atoms with van der Waals surface area (Å²) < 4.78 is 0. The van der Waals surface area contributed by atoms with E-state index in [1.807, 2.05) is 0 Å². The lowest BCUT2D eigenvalue weighted by atomic mass is 9.83. The maximum absolute atomic E-state index is 5.36. The van der Waals surface area contributed by atoms with Crippen molar-refractivity contribution < 1.29 is 0 Å². The number of hydrogen-bond donors (Lipinski definition) is 1. The molecule has 1 heteroatoms. The molecule has 1 saturated carbocycles. The molecule has 1 nitrogen and oxygen atoms in total. The lowest BCUT2D eigenvalue weighted by Gasteiger charge is -2.29. The van der Waals surface area contributed by atoms with Gasteiger partial charge in [0.2, 0.25) is 0 Å². The third kappa shape index (κ3) is 6.45. The Morgan fingerprint density at radius 2 is 1.78 bits per heavy atom. The van der Waals surface area contributed by atoms with E-state index in [0.29, 0.717) is 0 Å². The first-order valence-corrected chi connectivity index (χ1v) is 7.71. The van der Waals surface area contributed by atoms with Gasteiger partial charge in [0, 0.05) is 12.0 Å². The molecule has 1 fully saturated rings. The second-order valence-electron chi connectivity index (χ2n) is 6.89. The molecule has 0 aliphatic heterocycles. The summed E-state index contributed by atoms with van der Waals surface area (Å²) in [7, 11) is 0. The first-order valence-electron chi connectivity index (χ1n) is 7.71. The molecule has 0 spiro atoms. The minimum atomic E-state index is 0.246. The van der Waals surface area contributed by atoms with Gasteiger partial charge in [-0.1, -0.05) is 25.7 Å². The SMILES string of the molecule is C#CCCCC1CCCCCC1CNC(C)(C)C. The van der Waals surface area contributed by atoms with Gasteiger partial charge in [-0.2, -0.15) is 0 Å². The molecule has 0 amide bonds. The van der Waals surface area contributed by atoms with E-state index in [2.05, 4.69) is 32.0 Å². The van der Waals surface area contributed by atoms with Crippen LogP contribution in [0.3, 0.4) is 0 Å².